The predicted octanol–water partition coefficient (Wildman–Crippen LogP) is 5.77. The molecule has 142 valence electrons. The van der Waals surface area contributed by atoms with Crippen molar-refractivity contribution in [3.63, 3.8) is 0 Å². The molecule has 2 rings (SSSR count). The molecule has 1 heterocycles. The molecular weight excluding hydrogens is 439 g/mol. The van der Waals surface area contributed by atoms with Gasteiger partial charge in [-0.15, -0.1) is 11.6 Å². The third-order valence-electron chi connectivity index (χ3n) is 4.42. The van der Waals surface area contributed by atoms with Gasteiger partial charge in [0.2, 0.25) is 0 Å². The fraction of sp³-hybridized carbons (Fsp3) is 0.667. The summed E-state index contributed by atoms with van der Waals surface area (Å²) in [5, 5.41) is 0.677. The van der Waals surface area contributed by atoms with Crippen LogP contribution in [0.4, 0.5) is 5.69 Å². The highest BCUT2D eigenvalue weighted by atomic mass is 79.9. The first-order valence-corrected chi connectivity index (χ1v) is 14.0. The van der Waals surface area contributed by atoms with Gasteiger partial charge in [-0.25, -0.2) is 0 Å². The lowest BCUT2D eigenvalue weighted by atomic mass is 10.1. The monoisotopic (exact) mass is 466 g/mol. The summed E-state index contributed by atoms with van der Waals surface area (Å²) < 4.78 is 6.90. The van der Waals surface area contributed by atoms with E-state index in [2.05, 4.69) is 64.4 Å². The van der Waals surface area contributed by atoms with E-state index in [1.807, 2.05) is 0 Å². The summed E-state index contributed by atoms with van der Waals surface area (Å²) in [5.41, 5.74) is 2.21. The number of alkyl halides is 1. The van der Waals surface area contributed by atoms with Gasteiger partial charge in [0.15, 0.2) is 8.32 Å². The van der Waals surface area contributed by atoms with Crippen LogP contribution in [0.15, 0.2) is 16.6 Å². The maximum atomic E-state index is 6.45. The van der Waals surface area contributed by atoms with Crippen LogP contribution in [0, 0.1) is 0 Å². The first kappa shape index (κ1) is 21.5. The number of rotatable bonds is 7. The highest BCUT2D eigenvalue weighted by Gasteiger charge is 2.21. The summed E-state index contributed by atoms with van der Waals surface area (Å²) in [6.07, 6.45) is 0.863. The minimum atomic E-state index is -1.41. The van der Waals surface area contributed by atoms with Crippen LogP contribution in [-0.2, 0) is 4.43 Å². The third kappa shape index (κ3) is 6.40. The van der Waals surface area contributed by atoms with E-state index in [4.69, 9.17) is 27.6 Å². The predicted molar refractivity (Wildman–Crippen MR) is 116 cm³/mol. The molecule has 0 spiro atoms. The van der Waals surface area contributed by atoms with Crippen LogP contribution in [0.3, 0.4) is 0 Å². The van der Waals surface area contributed by atoms with Crippen molar-refractivity contribution in [2.24, 2.45) is 0 Å². The Hall–Kier alpha value is 0.217. The van der Waals surface area contributed by atoms with Crippen LogP contribution < -0.4 is 4.90 Å². The van der Waals surface area contributed by atoms with Gasteiger partial charge in [-0.1, -0.05) is 18.5 Å². The number of anilines is 1. The largest absolute Gasteiger partial charge is 0.416 e. The van der Waals surface area contributed by atoms with Crippen LogP contribution in [0.25, 0.3) is 0 Å². The Morgan fingerprint density at radius 3 is 2.40 bits per heavy atom. The molecule has 1 fully saturated rings. The number of hydrogen-bond donors (Lipinski definition) is 0. The zero-order valence-electron chi connectivity index (χ0n) is 15.6. The molecular formula is C18H29BrCl2N2OSi. The second kappa shape index (κ2) is 9.42. The molecule has 1 aliphatic rings. The van der Waals surface area contributed by atoms with Gasteiger partial charge in [-0.05, 0) is 59.7 Å². The number of halogens is 3. The Balaban J connectivity index is 1.95. The van der Waals surface area contributed by atoms with E-state index in [1.165, 1.54) is 5.69 Å². The van der Waals surface area contributed by atoms with Crippen LogP contribution in [-0.4, -0.2) is 52.5 Å². The highest BCUT2D eigenvalue weighted by molar-refractivity contribution is 9.10. The molecule has 0 saturated carbocycles. The van der Waals surface area contributed by atoms with Gasteiger partial charge in [0.1, 0.15) is 0 Å². The summed E-state index contributed by atoms with van der Waals surface area (Å²) in [5.74, 6) is 0. The Kier molecular flexibility index (Phi) is 8.11. The summed E-state index contributed by atoms with van der Waals surface area (Å²) >= 11 is 16.5. The fourth-order valence-electron chi connectivity index (χ4n) is 2.94. The lowest BCUT2D eigenvalue weighted by Gasteiger charge is -2.37. The van der Waals surface area contributed by atoms with Gasteiger partial charge >= 0.3 is 0 Å². The molecule has 7 heteroatoms. The van der Waals surface area contributed by atoms with E-state index < -0.39 is 8.32 Å². The van der Waals surface area contributed by atoms with Gasteiger partial charge in [0.05, 0.1) is 10.4 Å². The normalized spacial score (nSPS) is 17.8. The van der Waals surface area contributed by atoms with Crippen LogP contribution in [0.5, 0.6) is 0 Å². The maximum absolute atomic E-state index is 6.45. The first-order valence-electron chi connectivity index (χ1n) is 8.95. The topological polar surface area (TPSA) is 15.7 Å². The second-order valence-electron chi connectivity index (χ2n) is 7.50. The molecule has 25 heavy (non-hydrogen) atoms. The van der Waals surface area contributed by atoms with Crippen molar-refractivity contribution >= 4 is 53.1 Å². The standard InChI is InChI=1S/C18H29BrCl2N2OSi/c1-5-17(20)15-12-14(13-16(19)18(15)21)23-8-6-22(7-9-23)10-11-24-25(2,3)4/h12-13,17H,5-11H2,1-4H3. The van der Waals surface area contributed by atoms with Gasteiger partial charge < -0.3 is 9.33 Å². The molecule has 0 aromatic heterocycles. The second-order valence-corrected chi connectivity index (χ2v) is 13.8. The highest BCUT2D eigenvalue weighted by Crippen LogP contribution is 2.38. The SMILES string of the molecule is CCC(Cl)c1cc(N2CCN(CCO[Si](C)(C)C)CC2)cc(Br)c1Cl. The molecule has 0 N–H and O–H groups in total. The molecule has 0 radical (unpaired) electrons. The van der Waals surface area contributed by atoms with Crippen molar-refractivity contribution in [1.29, 1.82) is 0 Å². The van der Waals surface area contributed by atoms with Crippen LogP contribution in [0.2, 0.25) is 24.7 Å². The fourth-order valence-corrected chi connectivity index (χ4v) is 4.57. The van der Waals surface area contributed by atoms with Crippen molar-refractivity contribution < 1.29 is 4.43 Å². The average molecular weight is 468 g/mol. The number of hydrogen-bond acceptors (Lipinski definition) is 3. The minimum absolute atomic E-state index is 0.0521. The summed E-state index contributed by atoms with van der Waals surface area (Å²) in [6.45, 7) is 14.8. The maximum Gasteiger partial charge on any atom is 0.183 e. The van der Waals surface area contributed by atoms with E-state index in [1.54, 1.807) is 0 Å². The molecule has 1 atom stereocenters. The summed E-state index contributed by atoms with van der Waals surface area (Å²) in [6, 6.07) is 4.26. The van der Waals surface area contributed by atoms with Crippen molar-refractivity contribution in [3.8, 4) is 0 Å². The molecule has 1 unspecified atom stereocenters. The lowest BCUT2D eigenvalue weighted by molar-refractivity contribution is 0.197. The lowest BCUT2D eigenvalue weighted by Crippen LogP contribution is -2.47. The van der Waals surface area contributed by atoms with Crippen molar-refractivity contribution in [3.05, 3.63) is 27.2 Å². The zero-order valence-corrected chi connectivity index (χ0v) is 19.7. The van der Waals surface area contributed by atoms with Crippen molar-refractivity contribution in [2.45, 2.75) is 38.4 Å². The Morgan fingerprint density at radius 1 is 1.20 bits per heavy atom. The van der Waals surface area contributed by atoms with Gasteiger partial charge in [0.25, 0.3) is 0 Å². The minimum Gasteiger partial charge on any atom is -0.416 e. The number of nitrogens with zero attached hydrogens (tertiary/aromatic N) is 2. The first-order chi connectivity index (χ1) is 11.7. The molecule has 1 aromatic carbocycles. The number of piperazine rings is 1. The summed E-state index contributed by atoms with van der Waals surface area (Å²) in [7, 11) is -1.41. The Morgan fingerprint density at radius 2 is 1.84 bits per heavy atom. The Labute approximate surface area is 171 Å². The van der Waals surface area contributed by atoms with Gasteiger partial charge in [0, 0.05) is 49.5 Å². The Bertz CT molecular complexity index is 575. The molecule has 0 amide bonds. The van der Waals surface area contributed by atoms with E-state index in [9.17, 15) is 0 Å². The van der Waals surface area contributed by atoms with Crippen LogP contribution in [0.1, 0.15) is 24.3 Å². The van der Waals surface area contributed by atoms with Gasteiger partial charge in [-0.3, -0.25) is 4.90 Å². The molecule has 3 nitrogen and oxygen atoms in total. The van der Waals surface area contributed by atoms with Crippen molar-refractivity contribution in [2.75, 3.05) is 44.2 Å². The number of benzene rings is 1. The summed E-state index contributed by atoms with van der Waals surface area (Å²) in [4.78, 5) is 4.90. The molecule has 0 aliphatic carbocycles. The molecule has 0 bridgehead atoms. The van der Waals surface area contributed by atoms with Gasteiger partial charge in [-0.2, -0.15) is 0 Å². The molecule has 1 aromatic rings. The average Bonchev–Trinajstić information content (AvgIpc) is 2.56. The van der Waals surface area contributed by atoms with E-state index >= 15 is 0 Å². The molecule has 1 saturated heterocycles. The van der Waals surface area contributed by atoms with E-state index in [0.29, 0.717) is 0 Å². The third-order valence-corrected chi connectivity index (χ3v) is 7.31. The quantitative estimate of drug-likeness (QED) is 0.374. The van der Waals surface area contributed by atoms with Crippen molar-refractivity contribution in [1.82, 2.24) is 4.90 Å². The molecule has 1 aliphatic heterocycles. The smallest absolute Gasteiger partial charge is 0.183 e. The van der Waals surface area contributed by atoms with E-state index in [0.717, 1.165) is 60.8 Å². The van der Waals surface area contributed by atoms with Crippen LogP contribution >= 0.6 is 39.1 Å². The zero-order chi connectivity index (χ0) is 18.6. The van der Waals surface area contributed by atoms with E-state index in [-0.39, 0.29) is 5.38 Å².